The van der Waals surface area contributed by atoms with Crippen LogP contribution in [0.15, 0.2) is 71.5 Å². The standard InChI is InChI=1S/C23H20N4O2/c1-15-10-17(13-25-22(15)19-8-9-24-16(2)11-19)14-26-23(28)20-12-21(29-27-20)18-6-4-3-5-7-18/h3-13H,14H2,1-2H3,(H,26,28). The molecule has 144 valence electrons. The lowest BCUT2D eigenvalue weighted by molar-refractivity contribution is 0.0942. The number of nitrogens with one attached hydrogen (secondary N) is 1. The summed E-state index contributed by atoms with van der Waals surface area (Å²) in [7, 11) is 0. The highest BCUT2D eigenvalue weighted by Gasteiger charge is 2.14. The highest BCUT2D eigenvalue weighted by atomic mass is 16.5. The van der Waals surface area contributed by atoms with Crippen molar-refractivity contribution in [2.24, 2.45) is 0 Å². The molecular formula is C23H20N4O2. The van der Waals surface area contributed by atoms with Crippen LogP contribution in [0.2, 0.25) is 0 Å². The van der Waals surface area contributed by atoms with Gasteiger partial charge in [0.2, 0.25) is 0 Å². The van der Waals surface area contributed by atoms with Crippen molar-refractivity contribution < 1.29 is 9.32 Å². The summed E-state index contributed by atoms with van der Waals surface area (Å²) < 4.78 is 5.29. The number of aromatic nitrogens is 3. The van der Waals surface area contributed by atoms with Crippen LogP contribution in [0.5, 0.6) is 0 Å². The first-order valence-electron chi connectivity index (χ1n) is 9.29. The van der Waals surface area contributed by atoms with Crippen molar-refractivity contribution in [3.63, 3.8) is 0 Å². The molecule has 1 aromatic carbocycles. The Hall–Kier alpha value is -3.80. The lowest BCUT2D eigenvalue weighted by Crippen LogP contribution is -2.23. The number of nitrogens with zero attached hydrogens (tertiary/aromatic N) is 3. The highest BCUT2D eigenvalue weighted by molar-refractivity contribution is 5.93. The fourth-order valence-electron chi connectivity index (χ4n) is 3.12. The molecule has 1 amide bonds. The van der Waals surface area contributed by atoms with Crippen molar-refractivity contribution in [1.82, 2.24) is 20.4 Å². The number of hydrogen-bond acceptors (Lipinski definition) is 5. The SMILES string of the molecule is Cc1cc(-c2ncc(CNC(=O)c3cc(-c4ccccc4)on3)cc2C)ccn1. The second kappa shape index (κ2) is 8.06. The second-order valence-electron chi connectivity index (χ2n) is 6.82. The minimum absolute atomic E-state index is 0.248. The summed E-state index contributed by atoms with van der Waals surface area (Å²) in [5.74, 6) is 0.271. The molecule has 4 rings (SSSR count). The Kier molecular flexibility index (Phi) is 5.16. The molecule has 29 heavy (non-hydrogen) atoms. The van der Waals surface area contributed by atoms with Crippen LogP contribution in [0.4, 0.5) is 0 Å². The molecule has 0 spiro atoms. The average molecular weight is 384 g/mol. The summed E-state index contributed by atoms with van der Waals surface area (Å²) in [6, 6.07) is 17.2. The number of benzene rings is 1. The predicted molar refractivity (Wildman–Crippen MR) is 110 cm³/mol. The van der Waals surface area contributed by atoms with Crippen molar-refractivity contribution in [1.29, 1.82) is 0 Å². The molecule has 0 fully saturated rings. The smallest absolute Gasteiger partial charge is 0.273 e. The Morgan fingerprint density at radius 2 is 1.83 bits per heavy atom. The summed E-state index contributed by atoms with van der Waals surface area (Å²) in [5, 5.41) is 6.74. The molecule has 0 saturated carbocycles. The van der Waals surface area contributed by atoms with Gasteiger partial charge in [0.1, 0.15) is 0 Å². The van der Waals surface area contributed by atoms with Crippen LogP contribution >= 0.6 is 0 Å². The molecule has 6 heteroatoms. The molecule has 4 aromatic rings. The molecule has 0 unspecified atom stereocenters. The maximum absolute atomic E-state index is 12.4. The molecule has 0 atom stereocenters. The van der Waals surface area contributed by atoms with Crippen LogP contribution in [-0.4, -0.2) is 21.0 Å². The van der Waals surface area contributed by atoms with Gasteiger partial charge in [0, 0.05) is 41.8 Å². The molecule has 0 aliphatic heterocycles. The fraction of sp³-hybridized carbons (Fsp3) is 0.130. The van der Waals surface area contributed by atoms with Gasteiger partial charge in [0.25, 0.3) is 5.91 Å². The molecule has 3 heterocycles. The van der Waals surface area contributed by atoms with Crippen molar-refractivity contribution >= 4 is 5.91 Å². The first-order chi connectivity index (χ1) is 14.1. The van der Waals surface area contributed by atoms with Gasteiger partial charge in [-0.05, 0) is 37.1 Å². The fourth-order valence-corrected chi connectivity index (χ4v) is 3.12. The van der Waals surface area contributed by atoms with E-state index in [0.29, 0.717) is 12.3 Å². The highest BCUT2D eigenvalue weighted by Crippen LogP contribution is 2.22. The molecule has 3 aromatic heterocycles. The van der Waals surface area contributed by atoms with Crippen LogP contribution in [0.25, 0.3) is 22.6 Å². The minimum atomic E-state index is -0.289. The van der Waals surface area contributed by atoms with E-state index in [1.807, 2.05) is 62.4 Å². The lowest BCUT2D eigenvalue weighted by Gasteiger charge is -2.09. The Morgan fingerprint density at radius 1 is 1.00 bits per heavy atom. The summed E-state index contributed by atoms with van der Waals surface area (Å²) in [6.45, 7) is 4.32. The largest absolute Gasteiger partial charge is 0.355 e. The maximum atomic E-state index is 12.4. The lowest BCUT2D eigenvalue weighted by atomic mass is 10.1. The van der Waals surface area contributed by atoms with Crippen molar-refractivity contribution in [2.75, 3.05) is 0 Å². The van der Waals surface area contributed by atoms with Crippen molar-refractivity contribution in [3.05, 3.63) is 89.5 Å². The second-order valence-corrected chi connectivity index (χ2v) is 6.82. The minimum Gasteiger partial charge on any atom is -0.355 e. The average Bonchev–Trinajstić information content (AvgIpc) is 3.23. The van der Waals surface area contributed by atoms with Gasteiger partial charge in [-0.3, -0.25) is 14.8 Å². The summed E-state index contributed by atoms with van der Waals surface area (Å²) in [6.07, 6.45) is 3.55. The van der Waals surface area contributed by atoms with Gasteiger partial charge in [0.15, 0.2) is 11.5 Å². The van der Waals surface area contributed by atoms with Crippen LogP contribution in [-0.2, 0) is 6.54 Å². The normalized spacial score (nSPS) is 10.7. The predicted octanol–water partition coefficient (Wildman–Crippen LogP) is 4.35. The van der Waals surface area contributed by atoms with Gasteiger partial charge in [-0.2, -0.15) is 0 Å². The quantitative estimate of drug-likeness (QED) is 0.553. The number of aryl methyl sites for hydroxylation is 2. The van der Waals surface area contributed by atoms with E-state index in [4.69, 9.17) is 4.52 Å². The van der Waals surface area contributed by atoms with Crippen LogP contribution < -0.4 is 5.32 Å². The Labute approximate surface area is 168 Å². The number of amides is 1. The van der Waals surface area contributed by atoms with Crippen LogP contribution in [0.3, 0.4) is 0 Å². The number of hydrogen-bond donors (Lipinski definition) is 1. The zero-order valence-corrected chi connectivity index (χ0v) is 16.2. The number of pyridine rings is 2. The topological polar surface area (TPSA) is 80.9 Å². The molecular weight excluding hydrogens is 364 g/mol. The van der Waals surface area contributed by atoms with E-state index in [2.05, 4.69) is 20.4 Å². The zero-order chi connectivity index (χ0) is 20.2. The number of carbonyl (C=O) groups excluding carboxylic acids is 1. The number of rotatable bonds is 5. The van der Waals surface area contributed by atoms with Crippen molar-refractivity contribution in [3.8, 4) is 22.6 Å². The maximum Gasteiger partial charge on any atom is 0.273 e. The molecule has 0 radical (unpaired) electrons. The summed E-state index contributed by atoms with van der Waals surface area (Å²) >= 11 is 0. The summed E-state index contributed by atoms with van der Waals surface area (Å²) in [4.78, 5) is 21.2. The monoisotopic (exact) mass is 384 g/mol. The number of carbonyl (C=O) groups is 1. The molecule has 0 saturated heterocycles. The zero-order valence-electron chi connectivity index (χ0n) is 16.2. The van der Waals surface area contributed by atoms with Gasteiger partial charge in [-0.1, -0.05) is 41.6 Å². The first-order valence-corrected chi connectivity index (χ1v) is 9.29. The third-order valence-electron chi connectivity index (χ3n) is 4.56. The van der Waals surface area contributed by atoms with Crippen LogP contribution in [0, 0.1) is 13.8 Å². The van der Waals surface area contributed by atoms with E-state index in [9.17, 15) is 4.79 Å². The first kappa shape index (κ1) is 18.6. The Bertz CT molecular complexity index is 1150. The van der Waals surface area contributed by atoms with E-state index in [-0.39, 0.29) is 11.6 Å². The molecule has 6 nitrogen and oxygen atoms in total. The van der Waals surface area contributed by atoms with Crippen LogP contribution in [0.1, 0.15) is 27.3 Å². The van der Waals surface area contributed by atoms with Crippen molar-refractivity contribution in [2.45, 2.75) is 20.4 Å². The molecule has 0 aliphatic rings. The van der Waals surface area contributed by atoms with Gasteiger partial charge in [-0.25, -0.2) is 0 Å². The van der Waals surface area contributed by atoms with E-state index in [1.165, 1.54) is 0 Å². The van der Waals surface area contributed by atoms with E-state index >= 15 is 0 Å². The van der Waals surface area contributed by atoms with Gasteiger partial charge in [-0.15, -0.1) is 0 Å². The Morgan fingerprint density at radius 3 is 2.59 bits per heavy atom. The molecule has 0 bridgehead atoms. The molecule has 0 aliphatic carbocycles. The molecule has 1 N–H and O–H groups in total. The summed E-state index contributed by atoms with van der Waals surface area (Å²) in [5.41, 5.74) is 5.96. The van der Waals surface area contributed by atoms with Gasteiger partial charge in [0.05, 0.1) is 5.69 Å². The third-order valence-corrected chi connectivity index (χ3v) is 4.56. The van der Waals surface area contributed by atoms with E-state index in [0.717, 1.165) is 33.6 Å². The third kappa shape index (κ3) is 4.21. The van der Waals surface area contributed by atoms with E-state index in [1.54, 1.807) is 18.5 Å². The van der Waals surface area contributed by atoms with Gasteiger partial charge < -0.3 is 9.84 Å². The van der Waals surface area contributed by atoms with E-state index < -0.39 is 0 Å². The van der Waals surface area contributed by atoms with Gasteiger partial charge >= 0.3 is 0 Å². The Balaban J connectivity index is 1.43.